The Bertz CT molecular complexity index is 1370. The number of carbonyl (C=O) groups is 1. The van der Waals surface area contributed by atoms with Gasteiger partial charge in [-0.15, -0.1) is 0 Å². The maximum Gasteiger partial charge on any atom is 0.254 e. The van der Waals surface area contributed by atoms with E-state index in [-0.39, 0.29) is 11.4 Å². The third-order valence-electron chi connectivity index (χ3n) is 4.86. The van der Waals surface area contributed by atoms with E-state index >= 15 is 0 Å². The van der Waals surface area contributed by atoms with Crippen LogP contribution in [0.5, 0.6) is 0 Å². The highest BCUT2D eigenvalue weighted by Gasteiger charge is 2.17. The number of nitriles is 1. The molecule has 0 bridgehead atoms. The summed E-state index contributed by atoms with van der Waals surface area (Å²) in [5.41, 5.74) is 3.70. The summed E-state index contributed by atoms with van der Waals surface area (Å²) in [5, 5.41) is 24.2. The lowest BCUT2D eigenvalue weighted by atomic mass is 10.0. The van der Waals surface area contributed by atoms with E-state index in [9.17, 15) is 10.1 Å². The maximum absolute atomic E-state index is 12.4. The number of anilines is 2. The van der Waals surface area contributed by atoms with Crippen LogP contribution in [0.25, 0.3) is 11.3 Å². The van der Waals surface area contributed by atoms with Gasteiger partial charge in [-0.25, -0.2) is 9.97 Å². The number of amides is 1. The summed E-state index contributed by atoms with van der Waals surface area (Å²) in [6.07, 6.45) is 8.38. The van der Waals surface area contributed by atoms with Gasteiger partial charge in [-0.1, -0.05) is 12.1 Å². The first-order valence-electron chi connectivity index (χ1n) is 10.7. The molecule has 0 unspecified atom stereocenters. The van der Waals surface area contributed by atoms with Gasteiger partial charge in [0.05, 0.1) is 47.5 Å². The topological polar surface area (TPSA) is 126 Å². The van der Waals surface area contributed by atoms with Crippen LogP contribution < -0.4 is 10.6 Å². The number of nitrogens with zero attached hydrogens (tertiary/aromatic N) is 7. The van der Waals surface area contributed by atoms with E-state index in [0.29, 0.717) is 29.3 Å². The highest BCUT2D eigenvalue weighted by molar-refractivity contribution is 5.94. The van der Waals surface area contributed by atoms with Crippen molar-refractivity contribution in [2.24, 2.45) is 7.05 Å². The number of benzene rings is 1. The molecule has 4 rings (SSSR count). The van der Waals surface area contributed by atoms with Crippen LogP contribution in [-0.2, 0) is 13.6 Å². The molecule has 3 aromatic heterocycles. The zero-order valence-corrected chi connectivity index (χ0v) is 19.4. The van der Waals surface area contributed by atoms with Crippen LogP contribution >= 0.6 is 0 Å². The molecule has 0 saturated heterocycles. The van der Waals surface area contributed by atoms with Gasteiger partial charge in [-0.2, -0.15) is 15.5 Å². The number of carbonyl (C=O) groups excluding carboxylic acids is 1. The van der Waals surface area contributed by atoms with Crippen molar-refractivity contribution in [3.63, 3.8) is 0 Å². The second kappa shape index (κ2) is 9.15. The van der Waals surface area contributed by atoms with E-state index in [4.69, 9.17) is 0 Å². The Labute approximate surface area is 197 Å². The van der Waals surface area contributed by atoms with Gasteiger partial charge in [0.25, 0.3) is 5.91 Å². The number of aromatic nitrogens is 6. The zero-order chi connectivity index (χ0) is 24.3. The van der Waals surface area contributed by atoms with Crippen LogP contribution in [0.1, 0.15) is 42.3 Å². The molecular weight excluding hydrogens is 430 g/mol. The molecular formula is C24H25N9O. The monoisotopic (exact) mass is 455 g/mol. The molecule has 0 aliphatic rings. The summed E-state index contributed by atoms with van der Waals surface area (Å²) >= 11 is 0. The molecule has 4 aromatic rings. The van der Waals surface area contributed by atoms with Crippen molar-refractivity contribution < 1.29 is 4.79 Å². The molecule has 10 nitrogen and oxygen atoms in total. The number of rotatable bonds is 6. The molecule has 0 aliphatic carbocycles. The van der Waals surface area contributed by atoms with Gasteiger partial charge < -0.3 is 10.6 Å². The third-order valence-corrected chi connectivity index (χ3v) is 4.86. The van der Waals surface area contributed by atoms with Crippen LogP contribution in [0, 0.1) is 11.3 Å². The Balaban J connectivity index is 1.52. The highest BCUT2D eigenvalue weighted by atomic mass is 16.1. The second-order valence-corrected chi connectivity index (χ2v) is 8.91. The summed E-state index contributed by atoms with van der Waals surface area (Å²) in [4.78, 5) is 21.2. The van der Waals surface area contributed by atoms with E-state index in [1.54, 1.807) is 40.1 Å². The number of aryl methyl sites for hydroxylation is 1. The molecule has 34 heavy (non-hydrogen) atoms. The van der Waals surface area contributed by atoms with Crippen molar-refractivity contribution in [1.82, 2.24) is 34.8 Å². The second-order valence-electron chi connectivity index (χ2n) is 8.91. The Morgan fingerprint density at radius 3 is 2.68 bits per heavy atom. The first-order valence-corrected chi connectivity index (χ1v) is 10.7. The molecule has 1 aromatic carbocycles. The van der Waals surface area contributed by atoms with Crippen LogP contribution in [0.4, 0.5) is 11.6 Å². The predicted octanol–water partition coefficient (Wildman–Crippen LogP) is 3.27. The van der Waals surface area contributed by atoms with Gasteiger partial charge in [-0.05, 0) is 38.5 Å². The molecule has 0 saturated carbocycles. The summed E-state index contributed by atoms with van der Waals surface area (Å²) in [5.74, 6) is 0.250. The van der Waals surface area contributed by atoms with Crippen LogP contribution in [0.15, 0.2) is 55.2 Å². The summed E-state index contributed by atoms with van der Waals surface area (Å²) in [7, 11) is 1.83. The third kappa shape index (κ3) is 5.45. The SMILES string of the molecule is Cn1cc(Nc2nccc(-c3ccc(Cn4cc(C(=O)NC(C)(C)C)cn4)c(C#N)c3)n2)cn1. The Morgan fingerprint density at radius 2 is 1.97 bits per heavy atom. The van der Waals surface area contributed by atoms with E-state index < -0.39 is 0 Å². The molecule has 1 amide bonds. The van der Waals surface area contributed by atoms with Crippen molar-refractivity contribution in [3.05, 3.63) is 71.9 Å². The first-order chi connectivity index (χ1) is 16.2. The number of hydrogen-bond donors (Lipinski definition) is 2. The Kier molecular flexibility index (Phi) is 6.10. The molecule has 172 valence electrons. The lowest BCUT2D eigenvalue weighted by Gasteiger charge is -2.19. The maximum atomic E-state index is 12.4. The van der Waals surface area contributed by atoms with E-state index in [0.717, 1.165) is 16.8 Å². The fourth-order valence-electron chi connectivity index (χ4n) is 3.33. The highest BCUT2D eigenvalue weighted by Crippen LogP contribution is 2.23. The van der Waals surface area contributed by atoms with Crippen LogP contribution in [0.3, 0.4) is 0 Å². The minimum absolute atomic E-state index is 0.186. The van der Waals surface area contributed by atoms with Crippen molar-refractivity contribution in [3.8, 4) is 17.3 Å². The smallest absolute Gasteiger partial charge is 0.254 e. The Hall–Kier alpha value is -4.52. The van der Waals surface area contributed by atoms with Gasteiger partial charge in [0.1, 0.15) is 0 Å². The predicted molar refractivity (Wildman–Crippen MR) is 127 cm³/mol. The van der Waals surface area contributed by atoms with Crippen molar-refractivity contribution >= 4 is 17.5 Å². The van der Waals surface area contributed by atoms with Crippen LogP contribution in [0.2, 0.25) is 0 Å². The summed E-state index contributed by atoms with van der Waals surface area (Å²) < 4.78 is 3.33. The largest absolute Gasteiger partial charge is 0.347 e. The lowest BCUT2D eigenvalue weighted by molar-refractivity contribution is 0.0919. The minimum atomic E-state index is -0.336. The van der Waals surface area contributed by atoms with E-state index in [1.807, 2.05) is 46.1 Å². The average Bonchev–Trinajstić information content (AvgIpc) is 3.42. The van der Waals surface area contributed by atoms with Crippen LogP contribution in [-0.4, -0.2) is 41.0 Å². The molecule has 10 heteroatoms. The van der Waals surface area contributed by atoms with Gasteiger partial charge in [0, 0.05) is 36.7 Å². The van der Waals surface area contributed by atoms with Crippen molar-refractivity contribution in [2.45, 2.75) is 32.9 Å². The quantitative estimate of drug-likeness (QED) is 0.457. The van der Waals surface area contributed by atoms with Crippen molar-refractivity contribution in [2.75, 3.05) is 5.32 Å². The average molecular weight is 456 g/mol. The lowest BCUT2D eigenvalue weighted by Crippen LogP contribution is -2.40. The van der Waals surface area contributed by atoms with E-state index in [2.05, 4.69) is 36.9 Å². The fourth-order valence-corrected chi connectivity index (χ4v) is 3.33. The molecule has 0 radical (unpaired) electrons. The van der Waals surface area contributed by atoms with E-state index in [1.165, 1.54) is 6.20 Å². The van der Waals surface area contributed by atoms with Gasteiger partial charge >= 0.3 is 0 Å². The molecule has 0 fully saturated rings. The minimum Gasteiger partial charge on any atom is -0.347 e. The van der Waals surface area contributed by atoms with Gasteiger partial charge in [0.15, 0.2) is 0 Å². The molecule has 0 atom stereocenters. The number of hydrogen-bond acceptors (Lipinski definition) is 7. The zero-order valence-electron chi connectivity index (χ0n) is 19.4. The molecule has 0 spiro atoms. The normalized spacial score (nSPS) is 11.1. The first kappa shape index (κ1) is 22.7. The fraction of sp³-hybridized carbons (Fsp3) is 0.250. The molecule has 2 N–H and O–H groups in total. The number of nitrogens with one attached hydrogen (secondary N) is 2. The molecule has 0 aliphatic heterocycles. The Morgan fingerprint density at radius 1 is 1.15 bits per heavy atom. The standard InChI is InChI=1S/C24H25N9O/c1-24(2,3)31-22(34)19-11-28-33(14-19)13-17-6-5-16(9-18(17)10-25)21-7-8-26-23(30-21)29-20-12-27-32(4)15-20/h5-9,11-12,14-15H,13H2,1-4H3,(H,31,34)(H,26,29,30). The van der Waals surface area contributed by atoms with Crippen molar-refractivity contribution in [1.29, 1.82) is 5.26 Å². The van der Waals surface area contributed by atoms with Gasteiger partial charge in [0.2, 0.25) is 5.95 Å². The summed E-state index contributed by atoms with van der Waals surface area (Å²) in [6.45, 7) is 6.13. The van der Waals surface area contributed by atoms with Gasteiger partial charge in [-0.3, -0.25) is 14.2 Å². The summed E-state index contributed by atoms with van der Waals surface area (Å²) in [6, 6.07) is 9.62. The molecule has 3 heterocycles.